The number of hydrogen-bond acceptors (Lipinski definition) is 6. The molecule has 31 heavy (non-hydrogen) atoms. The highest BCUT2D eigenvalue weighted by Gasteiger charge is 2.50. The van der Waals surface area contributed by atoms with Crippen molar-refractivity contribution in [3.05, 3.63) is 65.4 Å². The number of amides is 1. The summed E-state index contributed by atoms with van der Waals surface area (Å²) < 4.78 is 76.4. The molecule has 1 aliphatic rings. The van der Waals surface area contributed by atoms with Crippen molar-refractivity contribution in [2.75, 3.05) is 20.8 Å². The van der Waals surface area contributed by atoms with Crippen molar-refractivity contribution in [3.63, 3.8) is 0 Å². The second-order valence-corrected chi connectivity index (χ2v) is 8.04. The van der Waals surface area contributed by atoms with E-state index >= 15 is 0 Å². The van der Waals surface area contributed by atoms with Gasteiger partial charge in [-0.3, -0.25) is 4.79 Å². The third kappa shape index (κ3) is 4.61. The lowest BCUT2D eigenvalue weighted by Crippen LogP contribution is -2.28. The van der Waals surface area contributed by atoms with E-state index in [9.17, 15) is 26.4 Å². The van der Waals surface area contributed by atoms with Gasteiger partial charge in [0, 0.05) is 6.54 Å². The number of nitrogens with zero attached hydrogens (tertiary/aromatic N) is 1. The molecular formula is C20H18F3NO6S. The fourth-order valence-corrected chi connectivity index (χ4v) is 3.56. The van der Waals surface area contributed by atoms with Crippen LogP contribution in [0.2, 0.25) is 0 Å². The van der Waals surface area contributed by atoms with Gasteiger partial charge in [0.05, 0.1) is 26.3 Å². The lowest BCUT2D eigenvalue weighted by molar-refractivity contribution is -0.124. The first-order valence-corrected chi connectivity index (χ1v) is 10.3. The summed E-state index contributed by atoms with van der Waals surface area (Å²) in [5.41, 5.74) is -5.02. The fraction of sp³-hybridized carbons (Fsp3) is 0.250. The topological polar surface area (TPSA) is 82.1 Å². The number of halogens is 3. The predicted octanol–water partition coefficient (Wildman–Crippen LogP) is 3.32. The molecule has 0 N–H and O–H groups in total. The van der Waals surface area contributed by atoms with Crippen LogP contribution in [0.3, 0.4) is 0 Å². The fourth-order valence-electron chi connectivity index (χ4n) is 3.07. The first-order chi connectivity index (χ1) is 14.6. The van der Waals surface area contributed by atoms with Gasteiger partial charge in [-0.25, -0.2) is 0 Å². The summed E-state index contributed by atoms with van der Waals surface area (Å²) in [6.45, 7) is -0.471. The Morgan fingerprint density at radius 3 is 2.23 bits per heavy atom. The van der Waals surface area contributed by atoms with Gasteiger partial charge in [0.1, 0.15) is 0 Å². The van der Waals surface area contributed by atoms with E-state index in [1.165, 1.54) is 31.3 Å². The molecule has 0 saturated carbocycles. The van der Waals surface area contributed by atoms with Crippen molar-refractivity contribution in [2.45, 2.75) is 12.1 Å². The van der Waals surface area contributed by atoms with Gasteiger partial charge >= 0.3 is 15.6 Å². The van der Waals surface area contributed by atoms with Gasteiger partial charge in [0.25, 0.3) is 5.91 Å². The van der Waals surface area contributed by atoms with Crippen LogP contribution in [0.1, 0.15) is 11.1 Å². The van der Waals surface area contributed by atoms with Crippen molar-refractivity contribution in [3.8, 4) is 11.5 Å². The minimum absolute atomic E-state index is 0.0194. The van der Waals surface area contributed by atoms with Gasteiger partial charge in [-0.05, 0) is 23.3 Å². The molecule has 0 unspecified atom stereocenters. The standard InChI is InChI=1S/C20H18F3NO6S/c1-28-15-9-8-13(10-16(15)29-2)11-24-12-17(30-31(26,27)20(21,22)23)18(19(24)25)14-6-4-3-5-7-14/h3-10H,11-12H2,1-2H3. The van der Waals surface area contributed by atoms with Crippen molar-refractivity contribution in [2.24, 2.45) is 0 Å². The lowest BCUT2D eigenvalue weighted by Gasteiger charge is -2.18. The summed E-state index contributed by atoms with van der Waals surface area (Å²) >= 11 is 0. The Bertz CT molecular complexity index is 1110. The molecule has 7 nitrogen and oxygen atoms in total. The average molecular weight is 457 g/mol. The zero-order chi connectivity index (χ0) is 22.8. The van der Waals surface area contributed by atoms with Crippen molar-refractivity contribution in [1.29, 1.82) is 0 Å². The molecule has 3 rings (SSSR count). The molecule has 0 saturated heterocycles. The first kappa shape index (κ1) is 22.5. The number of alkyl halides is 3. The van der Waals surface area contributed by atoms with Gasteiger partial charge in [0.2, 0.25) is 0 Å². The van der Waals surface area contributed by atoms with Crippen LogP contribution in [0.4, 0.5) is 13.2 Å². The maximum Gasteiger partial charge on any atom is 0.534 e. The highest BCUT2D eigenvalue weighted by Crippen LogP contribution is 2.35. The number of benzene rings is 2. The normalized spacial score (nSPS) is 14.7. The smallest absolute Gasteiger partial charge is 0.493 e. The molecule has 0 aliphatic carbocycles. The quantitative estimate of drug-likeness (QED) is 0.469. The van der Waals surface area contributed by atoms with Gasteiger partial charge in [-0.15, -0.1) is 0 Å². The van der Waals surface area contributed by atoms with Crippen molar-refractivity contribution in [1.82, 2.24) is 4.90 Å². The number of rotatable bonds is 7. The molecule has 0 aromatic heterocycles. The van der Waals surface area contributed by atoms with Crippen LogP contribution in [-0.2, 0) is 25.6 Å². The number of carbonyl (C=O) groups is 1. The summed E-state index contributed by atoms with van der Waals surface area (Å²) in [4.78, 5) is 14.2. The molecule has 0 radical (unpaired) electrons. The molecule has 0 fully saturated rings. The highest BCUT2D eigenvalue weighted by molar-refractivity contribution is 7.87. The van der Waals surface area contributed by atoms with E-state index in [1.807, 2.05) is 0 Å². The Kier molecular flexibility index (Phi) is 6.16. The Morgan fingerprint density at radius 2 is 1.65 bits per heavy atom. The number of hydrogen-bond donors (Lipinski definition) is 0. The van der Waals surface area contributed by atoms with Gasteiger partial charge in [-0.2, -0.15) is 21.6 Å². The lowest BCUT2D eigenvalue weighted by atomic mass is 10.1. The highest BCUT2D eigenvalue weighted by atomic mass is 32.2. The zero-order valence-electron chi connectivity index (χ0n) is 16.5. The van der Waals surface area contributed by atoms with E-state index in [-0.39, 0.29) is 17.7 Å². The minimum Gasteiger partial charge on any atom is -0.493 e. The zero-order valence-corrected chi connectivity index (χ0v) is 17.3. The van der Waals surface area contributed by atoms with Crippen LogP contribution >= 0.6 is 0 Å². The van der Waals surface area contributed by atoms with Gasteiger partial charge in [0.15, 0.2) is 17.3 Å². The van der Waals surface area contributed by atoms with Crippen LogP contribution in [0, 0.1) is 0 Å². The first-order valence-electron chi connectivity index (χ1n) is 8.87. The molecule has 11 heteroatoms. The van der Waals surface area contributed by atoms with E-state index in [2.05, 4.69) is 4.18 Å². The molecule has 0 spiro atoms. The van der Waals surface area contributed by atoms with E-state index in [1.54, 1.807) is 36.4 Å². The average Bonchev–Trinajstić information content (AvgIpc) is 3.01. The van der Waals surface area contributed by atoms with Gasteiger partial charge < -0.3 is 18.6 Å². The number of ether oxygens (including phenoxy) is 2. The maximum atomic E-state index is 13.0. The molecule has 0 atom stereocenters. The molecule has 1 heterocycles. The van der Waals surface area contributed by atoms with Crippen LogP contribution in [0.15, 0.2) is 54.3 Å². The third-order valence-corrected chi connectivity index (χ3v) is 5.48. The molecule has 2 aromatic carbocycles. The molecule has 2 aromatic rings. The Morgan fingerprint density at radius 1 is 1.00 bits per heavy atom. The van der Waals surface area contributed by atoms with E-state index in [4.69, 9.17) is 9.47 Å². The second kappa shape index (κ2) is 8.50. The van der Waals surface area contributed by atoms with Crippen LogP contribution in [0.5, 0.6) is 11.5 Å². The van der Waals surface area contributed by atoms with Crippen LogP contribution in [-0.4, -0.2) is 45.5 Å². The summed E-state index contributed by atoms with van der Waals surface area (Å²) in [6.07, 6.45) is 0. The Hall–Kier alpha value is -3.21. The Balaban J connectivity index is 1.95. The maximum absolute atomic E-state index is 13.0. The summed E-state index contributed by atoms with van der Waals surface area (Å²) in [5, 5.41) is 0. The van der Waals surface area contributed by atoms with Gasteiger partial charge in [-0.1, -0.05) is 36.4 Å². The van der Waals surface area contributed by atoms with Crippen LogP contribution in [0.25, 0.3) is 5.57 Å². The van der Waals surface area contributed by atoms with Crippen molar-refractivity contribution >= 4 is 21.6 Å². The minimum atomic E-state index is -5.93. The predicted molar refractivity (Wildman–Crippen MR) is 104 cm³/mol. The number of carbonyl (C=O) groups excluding carboxylic acids is 1. The second-order valence-electron chi connectivity index (χ2n) is 6.50. The summed E-state index contributed by atoms with van der Waals surface area (Å²) in [5.74, 6) is -0.385. The van der Waals surface area contributed by atoms with E-state index in [0.717, 1.165) is 0 Å². The third-order valence-electron chi connectivity index (χ3n) is 4.49. The SMILES string of the molecule is COc1ccc(CN2CC(OS(=O)(=O)C(F)(F)F)=C(c3ccccc3)C2=O)cc1OC. The Labute approximate surface area is 176 Å². The van der Waals surface area contributed by atoms with E-state index in [0.29, 0.717) is 17.1 Å². The summed E-state index contributed by atoms with van der Waals surface area (Å²) in [6, 6.07) is 12.6. The van der Waals surface area contributed by atoms with Crippen molar-refractivity contribution < 1.29 is 40.0 Å². The largest absolute Gasteiger partial charge is 0.534 e. The molecule has 1 aliphatic heterocycles. The molecule has 166 valence electrons. The van der Waals surface area contributed by atoms with E-state index < -0.39 is 33.8 Å². The molecule has 1 amide bonds. The molecule has 0 bridgehead atoms. The summed E-state index contributed by atoms with van der Waals surface area (Å²) in [7, 11) is -3.04. The number of methoxy groups -OCH3 is 2. The van der Waals surface area contributed by atoms with Crippen LogP contribution < -0.4 is 9.47 Å². The monoisotopic (exact) mass is 457 g/mol. The molecular weight excluding hydrogens is 439 g/mol.